The van der Waals surface area contributed by atoms with Crippen LogP contribution in [-0.2, 0) is 28.2 Å². The van der Waals surface area contributed by atoms with Gasteiger partial charge in [0.05, 0.1) is 48.6 Å². The van der Waals surface area contributed by atoms with Crippen LogP contribution >= 0.6 is 0 Å². The Balaban J connectivity index is 1.19. The summed E-state index contributed by atoms with van der Waals surface area (Å²) in [5.74, 6) is -1.24. The minimum absolute atomic E-state index is 0.107. The zero-order valence-corrected chi connectivity index (χ0v) is 31.3. The van der Waals surface area contributed by atoms with Gasteiger partial charge in [0.25, 0.3) is 17.2 Å². The van der Waals surface area contributed by atoms with E-state index >= 15 is 4.11 Å². The lowest BCUT2D eigenvalue weighted by Gasteiger charge is -2.31. The maximum absolute atomic E-state index is 16.4. The Morgan fingerprint density at radius 3 is 2.48 bits per heavy atom. The highest BCUT2D eigenvalue weighted by Crippen LogP contribution is 2.60. The van der Waals surface area contributed by atoms with Crippen LogP contribution in [0, 0.1) is 16.0 Å². The summed E-state index contributed by atoms with van der Waals surface area (Å²) >= 11 is 0. The molecule has 0 saturated carbocycles. The van der Waals surface area contributed by atoms with Crippen LogP contribution in [0.1, 0.15) is 41.6 Å². The topological polar surface area (TPSA) is 155 Å². The first-order valence-corrected chi connectivity index (χ1v) is 20.7. The lowest BCUT2D eigenvalue weighted by Crippen LogP contribution is -2.45. The molecule has 1 fully saturated rings. The summed E-state index contributed by atoms with van der Waals surface area (Å²) in [7, 11) is -2.09. The van der Waals surface area contributed by atoms with Crippen LogP contribution in [0.2, 0.25) is 18.6 Å². The number of non-ortho nitro benzene ring substituents is 1. The molecule has 2 aromatic heterocycles. The van der Waals surface area contributed by atoms with E-state index in [0.717, 1.165) is 11.1 Å². The number of rotatable bonds is 12. The Morgan fingerprint density at radius 2 is 1.81 bits per heavy atom. The van der Waals surface area contributed by atoms with E-state index in [9.17, 15) is 24.8 Å². The van der Waals surface area contributed by atoms with Gasteiger partial charge in [-0.1, -0.05) is 54.6 Å². The van der Waals surface area contributed by atoms with E-state index in [-0.39, 0.29) is 36.1 Å². The van der Waals surface area contributed by atoms with Gasteiger partial charge in [-0.15, -0.1) is 5.10 Å². The van der Waals surface area contributed by atoms with E-state index in [4.69, 9.17) is 9.47 Å². The average molecular weight is 753 g/mol. The van der Waals surface area contributed by atoms with Crippen LogP contribution in [0.15, 0.2) is 102 Å². The van der Waals surface area contributed by atoms with Crippen LogP contribution < -0.4 is 15.2 Å². The molecule has 1 amide bonds. The molecule has 1 spiro atoms. The largest absolute Gasteiger partial charge is 0.491 e. The van der Waals surface area contributed by atoms with Crippen molar-refractivity contribution in [2.24, 2.45) is 5.92 Å². The lowest BCUT2D eigenvalue weighted by atomic mass is 9.82. The van der Waals surface area contributed by atoms with Gasteiger partial charge in [-0.2, -0.15) is 0 Å². The molecule has 2 aliphatic heterocycles. The number of anilines is 1. The molecule has 4 heterocycles. The summed E-state index contributed by atoms with van der Waals surface area (Å²) in [4.78, 5) is 40.7. The number of aryl methyl sites for hydroxylation is 1. The molecule has 13 nitrogen and oxygen atoms in total. The second-order valence-electron chi connectivity index (χ2n) is 14.4. The number of amides is 1. The van der Waals surface area contributed by atoms with E-state index in [0.29, 0.717) is 35.6 Å². The van der Waals surface area contributed by atoms with Crippen molar-refractivity contribution in [3.63, 3.8) is 0 Å². The van der Waals surface area contributed by atoms with Crippen molar-refractivity contribution in [2.45, 2.75) is 62.7 Å². The first-order valence-electron chi connectivity index (χ1n) is 17.8. The maximum Gasteiger partial charge on any atom is 0.297 e. The molecule has 5 atom stereocenters. The average Bonchev–Trinajstić information content (AvgIpc) is 3.82. The molecule has 0 aliphatic carbocycles. The highest BCUT2D eigenvalue weighted by Gasteiger charge is 2.66. The molecule has 54 heavy (non-hydrogen) atoms. The van der Waals surface area contributed by atoms with Gasteiger partial charge in [0.2, 0.25) is 8.41 Å². The highest BCUT2D eigenvalue weighted by molar-refractivity contribution is 6.72. The van der Waals surface area contributed by atoms with Gasteiger partial charge < -0.3 is 23.6 Å². The summed E-state index contributed by atoms with van der Waals surface area (Å²) in [5.41, 5.74) is 0.810. The number of ether oxygens (including phenoxy) is 2. The van der Waals surface area contributed by atoms with Crippen molar-refractivity contribution in [1.29, 1.82) is 0 Å². The predicted octanol–water partition coefficient (Wildman–Crippen LogP) is 5.88. The molecule has 1 N–H and O–H groups in total. The highest BCUT2D eigenvalue weighted by atomic mass is 28.4. The molecule has 3 aromatic carbocycles. The number of methoxy groups -OCH3 is 1. The Hall–Kier alpha value is -5.51. The number of fused-ring (bicyclic) bond motifs is 2. The Kier molecular flexibility index (Phi) is 9.81. The Labute approximate surface area is 311 Å². The number of nitro groups is 1. The SMILES string of the molecule is COc1cccn(-c2ccc(CN3C(=O)[C@]4(O[C@H](CCn5cc(C(CO)c6ccccc6)nn5)[C@@H]([Si](C)(C)F)[C@@H]4C)c4cc([N+](=O)[O-])ccc43)cc2)c1=O. The molecule has 1 saturated heterocycles. The minimum Gasteiger partial charge on any atom is -0.491 e. The summed E-state index contributed by atoms with van der Waals surface area (Å²) < 4.78 is 31.5. The number of aliphatic hydroxyl groups is 1. The number of benzene rings is 3. The molecule has 280 valence electrons. The second kappa shape index (κ2) is 14.4. The minimum atomic E-state index is -3.52. The number of carbonyl (C=O) groups is 1. The maximum atomic E-state index is 16.4. The van der Waals surface area contributed by atoms with Gasteiger partial charge >= 0.3 is 0 Å². The van der Waals surface area contributed by atoms with Gasteiger partial charge in [0.15, 0.2) is 11.4 Å². The molecular weight excluding hydrogens is 712 g/mol. The van der Waals surface area contributed by atoms with Crippen molar-refractivity contribution < 1.29 is 28.4 Å². The third-order valence-electron chi connectivity index (χ3n) is 10.8. The summed E-state index contributed by atoms with van der Waals surface area (Å²) in [6, 6.07) is 24.2. The Morgan fingerprint density at radius 1 is 1.07 bits per heavy atom. The van der Waals surface area contributed by atoms with Crippen molar-refractivity contribution in [1.82, 2.24) is 19.6 Å². The quantitative estimate of drug-likeness (QED) is 0.0712. The molecule has 15 heteroatoms. The monoisotopic (exact) mass is 752 g/mol. The number of carbonyl (C=O) groups excluding carboxylic acids is 1. The van der Waals surface area contributed by atoms with Crippen LogP contribution in [0.25, 0.3) is 5.69 Å². The fraction of sp³-hybridized carbons (Fsp3) is 0.333. The Bertz CT molecular complexity index is 2240. The third-order valence-corrected chi connectivity index (χ3v) is 13.2. The first-order chi connectivity index (χ1) is 25.9. The third kappa shape index (κ3) is 6.41. The zero-order valence-electron chi connectivity index (χ0n) is 30.3. The lowest BCUT2D eigenvalue weighted by molar-refractivity contribution is -0.385. The number of hydrogen-bond acceptors (Lipinski definition) is 9. The van der Waals surface area contributed by atoms with Crippen LogP contribution in [-0.4, -0.2) is 63.7 Å². The molecule has 1 unspecified atom stereocenters. The fourth-order valence-electron chi connectivity index (χ4n) is 8.25. The number of hydrogen-bond donors (Lipinski definition) is 1. The van der Waals surface area contributed by atoms with E-state index in [1.807, 2.05) is 37.3 Å². The van der Waals surface area contributed by atoms with Crippen molar-refractivity contribution in [3.05, 3.63) is 140 Å². The number of nitrogens with zero attached hydrogens (tertiary/aromatic N) is 6. The van der Waals surface area contributed by atoms with Gasteiger partial charge in [0.1, 0.15) is 0 Å². The van der Waals surface area contributed by atoms with Crippen LogP contribution in [0.5, 0.6) is 5.75 Å². The summed E-state index contributed by atoms with van der Waals surface area (Å²) in [6.07, 6.45) is 2.99. The number of pyridine rings is 1. The molecule has 0 bridgehead atoms. The summed E-state index contributed by atoms with van der Waals surface area (Å²) in [6.45, 7) is 5.26. The number of aromatic nitrogens is 4. The smallest absolute Gasteiger partial charge is 0.297 e. The van der Waals surface area contributed by atoms with Gasteiger partial charge in [-0.3, -0.25) is 29.0 Å². The molecule has 2 aliphatic rings. The number of halogens is 1. The fourth-order valence-corrected chi connectivity index (χ4v) is 10.8. The van der Waals surface area contributed by atoms with Crippen molar-refractivity contribution in [3.8, 4) is 11.4 Å². The number of nitro benzene ring substituents is 1. The van der Waals surface area contributed by atoms with E-state index < -0.39 is 42.4 Å². The van der Waals surface area contributed by atoms with Gasteiger partial charge in [-0.05, 0) is 61.0 Å². The van der Waals surface area contributed by atoms with E-state index in [1.54, 1.807) is 77.5 Å². The van der Waals surface area contributed by atoms with Gasteiger partial charge in [-0.25, -0.2) is 0 Å². The zero-order chi connectivity index (χ0) is 38.4. The first kappa shape index (κ1) is 36.8. The second-order valence-corrected chi connectivity index (χ2v) is 18.2. The van der Waals surface area contributed by atoms with E-state index in [1.165, 1.54) is 23.8 Å². The molecule has 0 radical (unpaired) electrons. The standard InChI is InChI=1S/C39H41FN6O7Si/c1-25-36(54(3,4)40)34(18-20-43-23-32(41-42-43)30(24-47)27-9-6-5-7-10-27)53-39(25)31-21-29(46(50)51)16-17-33(31)45(38(39)49)22-26-12-14-28(15-13-26)44-19-8-11-35(52-2)37(44)48/h5-17,19,21,23,25,30,34,36,47H,18,20,22,24H2,1-4H3/t25-,30?,34+,36-,39+/m0/s1. The van der Waals surface area contributed by atoms with E-state index in [2.05, 4.69) is 10.3 Å². The predicted molar refractivity (Wildman–Crippen MR) is 201 cm³/mol. The van der Waals surface area contributed by atoms with Crippen LogP contribution in [0.3, 0.4) is 0 Å². The normalized spacial score (nSPS) is 21.4. The molecule has 7 rings (SSSR count). The summed E-state index contributed by atoms with van der Waals surface area (Å²) in [5, 5.41) is 30.8. The van der Waals surface area contributed by atoms with Crippen molar-refractivity contribution >= 4 is 25.7 Å². The molecule has 5 aromatic rings. The van der Waals surface area contributed by atoms with Crippen LogP contribution in [0.4, 0.5) is 15.5 Å². The van der Waals surface area contributed by atoms with Crippen molar-refractivity contribution in [2.75, 3.05) is 18.6 Å². The number of aliphatic hydroxyl groups excluding tert-OH is 1. The molecular formula is C39H41FN6O7Si. The van der Waals surface area contributed by atoms with Gasteiger partial charge in [0, 0.05) is 53.8 Å².